The number of benzene rings is 1. The molecule has 2 rings (SSSR count). The number of nitrogens with one attached hydrogen (secondary N) is 1. The van der Waals surface area contributed by atoms with Gasteiger partial charge in [0.15, 0.2) is 0 Å². The van der Waals surface area contributed by atoms with Gasteiger partial charge in [0.1, 0.15) is 0 Å². The maximum Gasteiger partial charge on any atom is 0.308 e. The Morgan fingerprint density at radius 3 is 2.67 bits per heavy atom. The van der Waals surface area contributed by atoms with Gasteiger partial charge in [0.25, 0.3) is 0 Å². The van der Waals surface area contributed by atoms with Gasteiger partial charge in [-0.2, -0.15) is 0 Å². The van der Waals surface area contributed by atoms with Crippen molar-refractivity contribution in [2.75, 3.05) is 5.32 Å². The smallest absolute Gasteiger partial charge is 0.308 e. The average Bonchev–Trinajstić information content (AvgIpc) is 2.13. The largest absolute Gasteiger partial charge is 0.481 e. The first kappa shape index (κ1) is 10.7. The molecule has 0 radical (unpaired) electrons. The Balaban J connectivity index is 2.04. The van der Waals surface area contributed by atoms with Gasteiger partial charge >= 0.3 is 5.97 Å². The van der Waals surface area contributed by atoms with Crippen LogP contribution in [0.15, 0.2) is 24.3 Å². The first-order valence-corrected chi connectivity index (χ1v) is 6.00. The van der Waals surface area contributed by atoms with Gasteiger partial charge in [0, 0.05) is 15.3 Å². The summed E-state index contributed by atoms with van der Waals surface area (Å²) in [6, 6.07) is 8.02. The number of rotatable bonds is 3. The van der Waals surface area contributed by atoms with E-state index in [4.69, 9.17) is 5.11 Å². The summed E-state index contributed by atoms with van der Waals surface area (Å²) >= 11 is 2.25. The molecule has 2 unspecified atom stereocenters. The van der Waals surface area contributed by atoms with E-state index in [0.29, 0.717) is 0 Å². The Kier molecular flexibility index (Phi) is 3.14. The second kappa shape index (κ2) is 4.38. The van der Waals surface area contributed by atoms with Crippen LogP contribution in [0.2, 0.25) is 0 Å². The number of hydrogen-bond acceptors (Lipinski definition) is 2. The summed E-state index contributed by atoms with van der Waals surface area (Å²) in [6.45, 7) is 0. The van der Waals surface area contributed by atoms with E-state index < -0.39 is 5.97 Å². The fourth-order valence-electron chi connectivity index (χ4n) is 1.75. The van der Waals surface area contributed by atoms with Gasteiger partial charge in [-0.15, -0.1) is 0 Å². The normalized spacial score (nSPS) is 24.3. The van der Waals surface area contributed by atoms with Crippen LogP contribution in [-0.4, -0.2) is 17.1 Å². The highest BCUT2D eigenvalue weighted by Gasteiger charge is 2.36. The molecule has 1 fully saturated rings. The van der Waals surface area contributed by atoms with Crippen molar-refractivity contribution in [1.82, 2.24) is 0 Å². The molecule has 2 atom stereocenters. The fraction of sp³-hybridized carbons (Fsp3) is 0.364. The summed E-state index contributed by atoms with van der Waals surface area (Å²) < 4.78 is 1.13. The Hall–Kier alpha value is -0.780. The summed E-state index contributed by atoms with van der Waals surface area (Å²) in [5, 5.41) is 12.2. The molecule has 0 amide bonds. The van der Waals surface area contributed by atoms with Crippen LogP contribution in [-0.2, 0) is 4.79 Å². The van der Waals surface area contributed by atoms with Crippen molar-refractivity contribution in [2.24, 2.45) is 5.92 Å². The average molecular weight is 317 g/mol. The van der Waals surface area contributed by atoms with Crippen molar-refractivity contribution in [3.05, 3.63) is 27.8 Å². The zero-order valence-corrected chi connectivity index (χ0v) is 10.3. The van der Waals surface area contributed by atoms with Crippen molar-refractivity contribution in [3.63, 3.8) is 0 Å². The number of carbonyl (C=O) groups is 1. The molecule has 1 aliphatic rings. The molecule has 0 heterocycles. The lowest BCUT2D eigenvalue weighted by molar-refractivity contribution is -0.144. The predicted octanol–water partition coefficient (Wildman–Crippen LogP) is 2.57. The summed E-state index contributed by atoms with van der Waals surface area (Å²) in [7, 11) is 0. The predicted molar refractivity (Wildman–Crippen MR) is 66.9 cm³/mol. The zero-order chi connectivity index (χ0) is 10.8. The van der Waals surface area contributed by atoms with Crippen LogP contribution in [0.25, 0.3) is 0 Å². The van der Waals surface area contributed by atoms with Gasteiger partial charge < -0.3 is 10.4 Å². The molecule has 0 aliphatic heterocycles. The number of halogens is 1. The summed E-state index contributed by atoms with van der Waals surface area (Å²) in [5.74, 6) is -0.911. The monoisotopic (exact) mass is 317 g/mol. The third kappa shape index (κ3) is 2.25. The first-order chi connectivity index (χ1) is 7.18. The standard InChI is InChI=1S/C11H12INO2/c12-8-3-1-2-4-10(8)13-9-6-5-7(9)11(14)15/h1-4,7,9,13H,5-6H2,(H,14,15). The van der Waals surface area contributed by atoms with Gasteiger partial charge in [-0.1, -0.05) is 12.1 Å². The van der Waals surface area contributed by atoms with Crippen molar-refractivity contribution in [1.29, 1.82) is 0 Å². The minimum atomic E-state index is -0.690. The SMILES string of the molecule is O=C(O)C1CCC1Nc1ccccc1I. The first-order valence-electron chi connectivity index (χ1n) is 4.92. The van der Waals surface area contributed by atoms with E-state index in [1.165, 1.54) is 0 Å². The maximum atomic E-state index is 10.8. The van der Waals surface area contributed by atoms with Crippen LogP contribution in [0.4, 0.5) is 5.69 Å². The third-order valence-electron chi connectivity index (χ3n) is 2.81. The molecule has 1 aromatic rings. The number of carboxylic acid groups (broad SMARTS) is 1. The van der Waals surface area contributed by atoms with E-state index in [9.17, 15) is 4.79 Å². The minimum Gasteiger partial charge on any atom is -0.481 e. The van der Waals surface area contributed by atoms with Crippen LogP contribution in [0.3, 0.4) is 0 Å². The lowest BCUT2D eigenvalue weighted by Gasteiger charge is -2.35. The van der Waals surface area contributed by atoms with Gasteiger partial charge in [0.05, 0.1) is 5.92 Å². The molecular formula is C11H12INO2. The van der Waals surface area contributed by atoms with Gasteiger partial charge in [-0.05, 0) is 47.6 Å². The molecule has 0 saturated heterocycles. The Morgan fingerprint density at radius 2 is 2.13 bits per heavy atom. The summed E-state index contributed by atoms with van der Waals surface area (Å²) in [6.07, 6.45) is 1.73. The maximum absolute atomic E-state index is 10.8. The van der Waals surface area contributed by atoms with E-state index in [2.05, 4.69) is 27.9 Å². The zero-order valence-electron chi connectivity index (χ0n) is 8.11. The lowest BCUT2D eigenvalue weighted by Crippen LogP contribution is -2.43. The highest BCUT2D eigenvalue weighted by molar-refractivity contribution is 14.1. The van der Waals surface area contributed by atoms with Gasteiger partial charge in [0.2, 0.25) is 0 Å². The number of hydrogen-bond donors (Lipinski definition) is 2. The highest BCUT2D eigenvalue weighted by atomic mass is 127. The Morgan fingerprint density at radius 1 is 1.40 bits per heavy atom. The molecular weight excluding hydrogens is 305 g/mol. The summed E-state index contributed by atoms with van der Waals surface area (Å²) in [4.78, 5) is 10.8. The molecule has 1 aromatic carbocycles. The second-order valence-electron chi connectivity index (χ2n) is 3.75. The number of anilines is 1. The van der Waals surface area contributed by atoms with Crippen molar-refractivity contribution in [3.8, 4) is 0 Å². The van der Waals surface area contributed by atoms with E-state index in [1.54, 1.807) is 0 Å². The Bertz CT molecular complexity index is 381. The van der Waals surface area contributed by atoms with E-state index >= 15 is 0 Å². The molecule has 2 N–H and O–H groups in total. The number of para-hydroxylation sites is 1. The second-order valence-corrected chi connectivity index (χ2v) is 4.91. The fourth-order valence-corrected chi connectivity index (χ4v) is 2.29. The number of carboxylic acids is 1. The molecule has 15 heavy (non-hydrogen) atoms. The van der Waals surface area contributed by atoms with Crippen LogP contribution >= 0.6 is 22.6 Å². The topological polar surface area (TPSA) is 49.3 Å². The molecule has 4 heteroatoms. The van der Waals surface area contributed by atoms with Crippen molar-refractivity contribution < 1.29 is 9.90 Å². The molecule has 1 saturated carbocycles. The number of aliphatic carboxylic acids is 1. The van der Waals surface area contributed by atoms with Crippen LogP contribution in [0, 0.1) is 9.49 Å². The van der Waals surface area contributed by atoms with Crippen molar-refractivity contribution in [2.45, 2.75) is 18.9 Å². The van der Waals surface area contributed by atoms with Crippen molar-refractivity contribution >= 4 is 34.2 Å². The Labute approximate surface area is 102 Å². The summed E-state index contributed by atoms with van der Waals surface area (Å²) in [5.41, 5.74) is 1.04. The third-order valence-corrected chi connectivity index (χ3v) is 3.75. The van der Waals surface area contributed by atoms with E-state index in [0.717, 1.165) is 22.1 Å². The highest BCUT2D eigenvalue weighted by Crippen LogP contribution is 2.31. The quantitative estimate of drug-likeness (QED) is 0.843. The molecule has 80 valence electrons. The molecule has 0 aromatic heterocycles. The van der Waals surface area contributed by atoms with E-state index in [-0.39, 0.29) is 12.0 Å². The van der Waals surface area contributed by atoms with Crippen LogP contribution in [0.5, 0.6) is 0 Å². The molecule has 3 nitrogen and oxygen atoms in total. The lowest BCUT2D eigenvalue weighted by atomic mass is 9.79. The van der Waals surface area contributed by atoms with E-state index in [1.807, 2.05) is 24.3 Å². The molecule has 0 bridgehead atoms. The van der Waals surface area contributed by atoms with Crippen LogP contribution in [0.1, 0.15) is 12.8 Å². The van der Waals surface area contributed by atoms with Gasteiger partial charge in [-0.3, -0.25) is 4.79 Å². The molecule has 1 aliphatic carbocycles. The van der Waals surface area contributed by atoms with Crippen LogP contribution < -0.4 is 5.32 Å². The molecule has 0 spiro atoms. The van der Waals surface area contributed by atoms with Gasteiger partial charge in [-0.25, -0.2) is 0 Å². The minimum absolute atomic E-state index is 0.0958.